The van der Waals surface area contributed by atoms with Crippen molar-refractivity contribution in [2.75, 3.05) is 5.73 Å². The van der Waals surface area contributed by atoms with Crippen LogP contribution in [0.25, 0.3) is 0 Å². The third kappa shape index (κ3) is 2.80. The minimum absolute atomic E-state index is 0.157. The van der Waals surface area contributed by atoms with Gasteiger partial charge < -0.3 is 11.1 Å². The van der Waals surface area contributed by atoms with Crippen molar-refractivity contribution >= 4 is 23.1 Å². The van der Waals surface area contributed by atoms with Crippen LogP contribution in [0.1, 0.15) is 33.3 Å². The van der Waals surface area contributed by atoms with Gasteiger partial charge in [-0.1, -0.05) is 0 Å². The Bertz CT molecular complexity index is 551. The number of nitrogens with one attached hydrogen (secondary N) is 1. The van der Waals surface area contributed by atoms with Crippen LogP contribution in [-0.4, -0.2) is 20.9 Å². The highest BCUT2D eigenvalue weighted by Crippen LogP contribution is 2.19. The number of nitrogens with two attached hydrogens (primary N) is 1. The fraction of sp³-hybridized carbons (Fsp3) is 0.273. The van der Waals surface area contributed by atoms with E-state index in [4.69, 9.17) is 5.73 Å². The summed E-state index contributed by atoms with van der Waals surface area (Å²) in [4.78, 5) is 24.9. The van der Waals surface area contributed by atoms with E-state index in [1.54, 1.807) is 17.5 Å². The molecular formula is C11H13N5OS. The zero-order valence-corrected chi connectivity index (χ0v) is 10.9. The van der Waals surface area contributed by atoms with Crippen LogP contribution in [0.2, 0.25) is 0 Å². The molecule has 3 N–H and O–H groups in total. The number of hydrogen-bond donors (Lipinski definition) is 2. The molecule has 0 saturated heterocycles. The van der Waals surface area contributed by atoms with Crippen LogP contribution >= 0.6 is 11.3 Å². The number of amides is 1. The first-order chi connectivity index (χ1) is 8.56. The molecule has 1 unspecified atom stereocenters. The van der Waals surface area contributed by atoms with Crippen molar-refractivity contribution in [3.63, 3.8) is 0 Å². The standard InChI is InChI=1S/C11H13N5OS/c1-6-3-15-11(18-6)7(2)16-10(17)8-4-14-9(12)5-13-8/h3-5,7H,1-2H3,(H2,12,14)(H,16,17). The summed E-state index contributed by atoms with van der Waals surface area (Å²) in [7, 11) is 0. The number of aryl methyl sites for hydroxylation is 1. The summed E-state index contributed by atoms with van der Waals surface area (Å²) in [6.07, 6.45) is 4.49. The van der Waals surface area contributed by atoms with Gasteiger partial charge in [0.25, 0.3) is 5.91 Å². The Balaban J connectivity index is 2.05. The summed E-state index contributed by atoms with van der Waals surface area (Å²) in [5, 5.41) is 3.68. The molecule has 1 amide bonds. The molecule has 0 radical (unpaired) electrons. The molecule has 2 aromatic heterocycles. The second-order valence-electron chi connectivity index (χ2n) is 3.83. The molecule has 6 nitrogen and oxygen atoms in total. The lowest BCUT2D eigenvalue weighted by Crippen LogP contribution is -2.27. The first-order valence-electron chi connectivity index (χ1n) is 5.37. The highest BCUT2D eigenvalue weighted by atomic mass is 32.1. The fourth-order valence-electron chi connectivity index (χ4n) is 1.36. The number of carbonyl (C=O) groups excluding carboxylic acids is 1. The first-order valence-corrected chi connectivity index (χ1v) is 6.18. The van der Waals surface area contributed by atoms with E-state index in [1.165, 1.54) is 12.4 Å². The van der Waals surface area contributed by atoms with E-state index in [0.29, 0.717) is 0 Å². The number of anilines is 1. The Labute approximate surface area is 108 Å². The molecular weight excluding hydrogens is 250 g/mol. The SMILES string of the molecule is Cc1cnc(C(C)NC(=O)c2cnc(N)cn2)s1. The Morgan fingerprint density at radius 2 is 2.11 bits per heavy atom. The summed E-state index contributed by atoms with van der Waals surface area (Å²) >= 11 is 1.55. The maximum atomic E-state index is 11.9. The second kappa shape index (κ2) is 5.09. The molecule has 0 fully saturated rings. The van der Waals surface area contributed by atoms with Crippen molar-refractivity contribution in [1.82, 2.24) is 20.3 Å². The van der Waals surface area contributed by atoms with E-state index in [-0.39, 0.29) is 23.5 Å². The zero-order chi connectivity index (χ0) is 13.1. The smallest absolute Gasteiger partial charge is 0.272 e. The second-order valence-corrected chi connectivity index (χ2v) is 5.10. The number of nitrogens with zero attached hydrogens (tertiary/aromatic N) is 3. The molecule has 0 spiro atoms. The molecule has 0 aromatic carbocycles. The van der Waals surface area contributed by atoms with Crippen molar-refractivity contribution in [3.8, 4) is 0 Å². The Hall–Kier alpha value is -2.02. The van der Waals surface area contributed by atoms with Crippen molar-refractivity contribution in [1.29, 1.82) is 0 Å². The van der Waals surface area contributed by atoms with E-state index in [2.05, 4.69) is 20.3 Å². The highest BCUT2D eigenvalue weighted by Gasteiger charge is 2.15. The van der Waals surface area contributed by atoms with E-state index in [1.807, 2.05) is 13.8 Å². The van der Waals surface area contributed by atoms with Crippen LogP contribution in [-0.2, 0) is 0 Å². The number of thiazole rings is 1. The van der Waals surface area contributed by atoms with Gasteiger partial charge >= 0.3 is 0 Å². The van der Waals surface area contributed by atoms with Crippen LogP contribution < -0.4 is 11.1 Å². The summed E-state index contributed by atoms with van der Waals surface area (Å²) < 4.78 is 0. The zero-order valence-electron chi connectivity index (χ0n) is 10.0. The predicted octanol–water partition coefficient (Wildman–Crippen LogP) is 1.31. The third-order valence-electron chi connectivity index (χ3n) is 2.26. The first kappa shape index (κ1) is 12.4. The van der Waals surface area contributed by atoms with Gasteiger partial charge in [0, 0.05) is 11.1 Å². The molecule has 2 heterocycles. The maximum Gasteiger partial charge on any atom is 0.272 e. The predicted molar refractivity (Wildman–Crippen MR) is 69.2 cm³/mol. The van der Waals surface area contributed by atoms with Crippen LogP contribution in [0.4, 0.5) is 5.82 Å². The average Bonchev–Trinajstić information content (AvgIpc) is 2.76. The highest BCUT2D eigenvalue weighted by molar-refractivity contribution is 7.11. The van der Waals surface area contributed by atoms with Gasteiger partial charge in [-0.25, -0.2) is 15.0 Å². The molecule has 0 bridgehead atoms. The van der Waals surface area contributed by atoms with Crippen molar-refractivity contribution in [2.24, 2.45) is 0 Å². The molecule has 94 valence electrons. The lowest BCUT2D eigenvalue weighted by molar-refractivity contribution is 0.0934. The van der Waals surface area contributed by atoms with Crippen molar-refractivity contribution < 1.29 is 4.79 Å². The Morgan fingerprint density at radius 1 is 1.33 bits per heavy atom. The average molecular weight is 263 g/mol. The van der Waals surface area contributed by atoms with Crippen molar-refractivity contribution in [3.05, 3.63) is 34.2 Å². The number of rotatable bonds is 3. The van der Waals surface area contributed by atoms with Gasteiger partial charge in [0.1, 0.15) is 16.5 Å². The summed E-state index contributed by atoms with van der Waals surface area (Å²) in [5.41, 5.74) is 5.65. The van der Waals surface area contributed by atoms with Gasteiger partial charge in [0.05, 0.1) is 18.4 Å². The monoisotopic (exact) mass is 263 g/mol. The molecule has 1 atom stereocenters. The maximum absolute atomic E-state index is 11.9. The number of hydrogen-bond acceptors (Lipinski definition) is 6. The molecule has 18 heavy (non-hydrogen) atoms. The van der Waals surface area contributed by atoms with Gasteiger partial charge in [-0.15, -0.1) is 11.3 Å². The molecule has 2 rings (SSSR count). The Kier molecular flexibility index (Phi) is 3.52. The third-order valence-corrected chi connectivity index (χ3v) is 3.36. The number of nitrogen functional groups attached to an aromatic ring is 1. The minimum Gasteiger partial charge on any atom is -0.382 e. The number of aromatic nitrogens is 3. The largest absolute Gasteiger partial charge is 0.382 e. The van der Waals surface area contributed by atoms with Crippen LogP contribution in [0.15, 0.2) is 18.6 Å². The van der Waals surface area contributed by atoms with Gasteiger partial charge in [-0.05, 0) is 13.8 Å². The van der Waals surface area contributed by atoms with Gasteiger partial charge in [0.15, 0.2) is 0 Å². The Morgan fingerprint density at radius 3 is 2.67 bits per heavy atom. The van der Waals surface area contributed by atoms with Crippen LogP contribution in [0, 0.1) is 6.92 Å². The summed E-state index contributed by atoms with van der Waals surface area (Å²) in [5.74, 6) is -0.00185. The normalized spacial score (nSPS) is 12.1. The fourth-order valence-corrected chi connectivity index (χ4v) is 2.14. The van der Waals surface area contributed by atoms with E-state index in [0.717, 1.165) is 9.88 Å². The molecule has 2 aromatic rings. The minimum atomic E-state index is -0.289. The van der Waals surface area contributed by atoms with Gasteiger partial charge in [-0.2, -0.15) is 0 Å². The quantitative estimate of drug-likeness (QED) is 0.870. The van der Waals surface area contributed by atoms with Gasteiger partial charge in [0.2, 0.25) is 0 Å². The van der Waals surface area contributed by atoms with Crippen molar-refractivity contribution in [2.45, 2.75) is 19.9 Å². The topological polar surface area (TPSA) is 93.8 Å². The van der Waals surface area contributed by atoms with E-state index >= 15 is 0 Å². The molecule has 0 aliphatic heterocycles. The van der Waals surface area contributed by atoms with E-state index < -0.39 is 0 Å². The lowest BCUT2D eigenvalue weighted by atomic mass is 10.3. The molecule has 0 aliphatic rings. The molecule has 0 saturated carbocycles. The summed E-state index contributed by atoms with van der Waals surface area (Å²) in [6.45, 7) is 3.85. The molecule has 0 aliphatic carbocycles. The molecule has 7 heteroatoms. The lowest BCUT2D eigenvalue weighted by Gasteiger charge is -2.10. The summed E-state index contributed by atoms with van der Waals surface area (Å²) in [6, 6.07) is -0.157. The van der Waals surface area contributed by atoms with Gasteiger partial charge in [-0.3, -0.25) is 4.79 Å². The van der Waals surface area contributed by atoms with Crippen LogP contribution in [0.3, 0.4) is 0 Å². The van der Waals surface area contributed by atoms with Crippen LogP contribution in [0.5, 0.6) is 0 Å². The number of carbonyl (C=O) groups is 1. The van der Waals surface area contributed by atoms with E-state index in [9.17, 15) is 4.79 Å².